The lowest BCUT2D eigenvalue weighted by molar-refractivity contribution is -0.758. The number of amides is 1. The number of rotatable bonds is 19. The highest BCUT2D eigenvalue weighted by Gasteiger charge is 2.22. The Hall–Kier alpha value is -4.96. The minimum absolute atomic E-state index is 0.00777. The average Bonchev–Trinajstić information content (AvgIpc) is 3.05. The Bertz CT molecular complexity index is 1310. The van der Waals surface area contributed by atoms with Crippen molar-refractivity contribution < 1.29 is 43.6 Å². The van der Waals surface area contributed by atoms with Gasteiger partial charge in [-0.2, -0.15) is 5.12 Å². The van der Waals surface area contributed by atoms with Crippen molar-refractivity contribution in [2.45, 2.75) is 72.7 Å². The number of carbonyl (C=O) groups excluding carboxylic acids is 2. The fourth-order valence-corrected chi connectivity index (χ4v) is 4.18. The lowest BCUT2D eigenvalue weighted by Crippen LogP contribution is -2.40. The van der Waals surface area contributed by atoms with E-state index in [1.165, 1.54) is 6.92 Å². The molecular weight excluding hydrogens is 628 g/mol. The first-order valence-corrected chi connectivity index (χ1v) is 15.5. The van der Waals surface area contributed by atoms with E-state index in [1.54, 1.807) is 0 Å². The number of benzene rings is 2. The lowest BCUT2D eigenvalue weighted by Gasteiger charge is -2.32. The number of nitrogens with zero attached hydrogens (tertiary/aromatic N) is 4. The molecule has 2 aromatic rings. The van der Waals surface area contributed by atoms with E-state index in [0.29, 0.717) is 24.4 Å². The molecule has 0 aromatic heterocycles. The van der Waals surface area contributed by atoms with Gasteiger partial charge in [-0.15, -0.1) is 15.2 Å². The summed E-state index contributed by atoms with van der Waals surface area (Å²) in [6.45, 7) is 9.77. The molecule has 2 aromatic carbocycles. The third-order valence-corrected chi connectivity index (χ3v) is 7.08. The number of ether oxygens (including phenoxy) is 3. The van der Waals surface area contributed by atoms with Crippen molar-refractivity contribution >= 4 is 24.4 Å². The summed E-state index contributed by atoms with van der Waals surface area (Å²) in [5.41, 5.74) is 9.70. The van der Waals surface area contributed by atoms with Gasteiger partial charge in [-0.25, -0.2) is 10.6 Å². The summed E-state index contributed by atoms with van der Waals surface area (Å²) in [6.07, 6.45) is 0.359. The molecule has 0 aliphatic carbocycles. The molecule has 0 saturated carbocycles. The molecule has 266 valence electrons. The summed E-state index contributed by atoms with van der Waals surface area (Å²) in [5.74, 6) is 6.60. The van der Waals surface area contributed by atoms with Crippen LogP contribution >= 0.6 is 0 Å². The van der Waals surface area contributed by atoms with Crippen molar-refractivity contribution in [2.24, 2.45) is 22.6 Å². The predicted molar refractivity (Wildman–Crippen MR) is 177 cm³/mol. The van der Waals surface area contributed by atoms with Crippen LogP contribution < -0.4 is 11.6 Å². The van der Waals surface area contributed by atoms with Crippen molar-refractivity contribution in [2.75, 3.05) is 26.4 Å². The zero-order valence-corrected chi connectivity index (χ0v) is 28.2. The first-order chi connectivity index (χ1) is 22.9. The Kier molecular flexibility index (Phi) is 19.3. The molecule has 0 aliphatic rings. The predicted octanol–water partition coefficient (Wildman–Crippen LogP) is 4.14. The Morgan fingerprint density at radius 3 is 2.27 bits per heavy atom. The van der Waals surface area contributed by atoms with Crippen LogP contribution in [0.1, 0.15) is 65.0 Å². The van der Waals surface area contributed by atoms with Gasteiger partial charge in [0.25, 0.3) is 11.6 Å². The highest BCUT2D eigenvalue weighted by molar-refractivity contribution is 6.03. The number of unbranched alkanes of at least 4 members (excludes halogenated alkanes) is 1. The van der Waals surface area contributed by atoms with Crippen molar-refractivity contribution in [3.63, 3.8) is 0 Å². The van der Waals surface area contributed by atoms with Crippen LogP contribution in [-0.2, 0) is 35.2 Å². The van der Waals surface area contributed by atoms with E-state index in [4.69, 9.17) is 35.7 Å². The first kappa shape index (κ1) is 41.1. The molecule has 0 aliphatic heterocycles. The summed E-state index contributed by atoms with van der Waals surface area (Å²) >= 11 is 0. The molecule has 0 heterocycles. The Morgan fingerprint density at radius 2 is 1.67 bits per heavy atom. The summed E-state index contributed by atoms with van der Waals surface area (Å²) in [6, 6.07) is 15.5. The van der Waals surface area contributed by atoms with E-state index < -0.39 is 17.5 Å². The fraction of sp³-hybridized carbons (Fsp3) is 0.500. The van der Waals surface area contributed by atoms with Crippen LogP contribution in [0.5, 0.6) is 0 Å². The zero-order valence-electron chi connectivity index (χ0n) is 28.2. The van der Waals surface area contributed by atoms with E-state index >= 15 is 0 Å². The largest absolute Gasteiger partial charge is 0.510 e. The normalized spacial score (nSPS) is 12.2. The Labute approximate surface area is 280 Å². The lowest BCUT2D eigenvalue weighted by atomic mass is 9.97. The number of hydrogen-bond acceptors (Lipinski definition) is 12. The molecule has 2 atom stereocenters. The maximum Gasteiger partial charge on any atom is 0.510 e. The SMILES string of the molecule is CCCCC(=O)N(Cc1ccc(-c2ccccc2/C(N)=N/N(N)C(C)OC(=O)OCCOCCO[N+](=O)[O-])cc1)C(C)C(C)C.O=CO. The smallest absolute Gasteiger partial charge is 0.483 e. The second-order valence-corrected chi connectivity index (χ2v) is 10.8. The summed E-state index contributed by atoms with van der Waals surface area (Å²) in [5, 5.41) is 21.1. The van der Waals surface area contributed by atoms with Gasteiger partial charge < -0.3 is 34.8 Å². The Balaban J connectivity index is 0.00000369. The van der Waals surface area contributed by atoms with Crippen molar-refractivity contribution in [1.82, 2.24) is 10.0 Å². The van der Waals surface area contributed by atoms with E-state index in [2.05, 4.69) is 37.6 Å². The first-order valence-electron chi connectivity index (χ1n) is 15.5. The molecule has 0 fully saturated rings. The monoisotopic (exact) mass is 676 g/mol. The van der Waals surface area contributed by atoms with Crippen LogP contribution in [0.2, 0.25) is 0 Å². The van der Waals surface area contributed by atoms with Crippen LogP contribution in [0.15, 0.2) is 53.6 Å². The fourth-order valence-electron chi connectivity index (χ4n) is 4.18. The average molecular weight is 677 g/mol. The Morgan fingerprint density at radius 1 is 1.04 bits per heavy atom. The van der Waals surface area contributed by atoms with E-state index in [1.807, 2.05) is 53.4 Å². The van der Waals surface area contributed by atoms with Gasteiger partial charge in [0.1, 0.15) is 13.2 Å². The topological polar surface area (TPSA) is 222 Å². The van der Waals surface area contributed by atoms with Gasteiger partial charge in [-0.05, 0) is 42.9 Å². The van der Waals surface area contributed by atoms with Crippen LogP contribution in [-0.4, -0.2) is 83.3 Å². The third-order valence-electron chi connectivity index (χ3n) is 7.08. The van der Waals surface area contributed by atoms with Gasteiger partial charge in [-0.3, -0.25) is 9.59 Å². The summed E-state index contributed by atoms with van der Waals surface area (Å²) in [7, 11) is 0. The second-order valence-electron chi connectivity index (χ2n) is 10.8. The maximum absolute atomic E-state index is 13.0. The van der Waals surface area contributed by atoms with E-state index in [-0.39, 0.29) is 50.7 Å². The number of nitrogens with two attached hydrogens (primary N) is 2. The van der Waals surface area contributed by atoms with Crippen LogP contribution in [0.25, 0.3) is 11.1 Å². The number of carboxylic acid groups (broad SMARTS) is 1. The minimum atomic E-state index is -1.02. The summed E-state index contributed by atoms with van der Waals surface area (Å²) < 4.78 is 15.1. The van der Waals surface area contributed by atoms with Gasteiger partial charge in [-0.1, -0.05) is 75.7 Å². The van der Waals surface area contributed by atoms with Gasteiger partial charge in [0, 0.05) is 24.6 Å². The number of hydrogen-bond donors (Lipinski definition) is 3. The number of hydrazone groups is 1. The number of hydrazine groups is 1. The molecule has 48 heavy (non-hydrogen) atoms. The quantitative estimate of drug-likeness (QED) is 0.0219. The van der Waals surface area contributed by atoms with Gasteiger partial charge in [0.05, 0.1) is 13.2 Å². The van der Waals surface area contributed by atoms with Gasteiger partial charge in [0.15, 0.2) is 5.84 Å². The molecule has 0 saturated heterocycles. The molecule has 16 nitrogen and oxygen atoms in total. The minimum Gasteiger partial charge on any atom is -0.483 e. The van der Waals surface area contributed by atoms with Crippen LogP contribution in [0.3, 0.4) is 0 Å². The molecular formula is C32H48N6O10. The van der Waals surface area contributed by atoms with Crippen molar-refractivity contribution in [1.29, 1.82) is 0 Å². The molecule has 0 radical (unpaired) electrons. The van der Waals surface area contributed by atoms with Gasteiger partial charge in [0.2, 0.25) is 12.1 Å². The number of carbonyl (C=O) groups is 3. The van der Waals surface area contributed by atoms with Crippen molar-refractivity contribution in [3.05, 3.63) is 69.8 Å². The molecule has 1 amide bonds. The van der Waals surface area contributed by atoms with E-state index in [9.17, 15) is 19.7 Å². The van der Waals surface area contributed by atoms with Crippen molar-refractivity contribution in [3.8, 4) is 11.1 Å². The van der Waals surface area contributed by atoms with Crippen LogP contribution in [0, 0.1) is 16.0 Å². The molecule has 2 unspecified atom stereocenters. The third kappa shape index (κ3) is 15.1. The second kappa shape index (κ2) is 22.5. The maximum atomic E-state index is 13.0. The molecule has 0 bridgehead atoms. The molecule has 2 rings (SSSR count). The van der Waals surface area contributed by atoms with Gasteiger partial charge >= 0.3 is 6.16 Å². The zero-order chi connectivity index (χ0) is 36.1. The highest BCUT2D eigenvalue weighted by atomic mass is 17.0. The van der Waals surface area contributed by atoms with Crippen LogP contribution in [0.4, 0.5) is 4.79 Å². The molecule has 16 heteroatoms. The van der Waals surface area contributed by atoms with E-state index in [0.717, 1.165) is 34.6 Å². The molecule has 5 N–H and O–H groups in total. The molecule has 0 spiro atoms. The number of amidine groups is 1. The summed E-state index contributed by atoms with van der Waals surface area (Å²) in [4.78, 5) is 49.5. The standard InChI is InChI=1S/C31H46N6O8.CH2O2/c1-6-7-12-29(38)35(23(4)22(2)3)21-25-13-15-26(16-14-25)27-10-8-9-11-28(27)30(32)34-36(33)24(5)45-31(39)43-19-17-42-18-20-44-37(40)41;2-1-3/h8-11,13-16,22-24H,6-7,12,17-21,33H2,1-5H3,(H2,32,34);1H,(H,2,3). The highest BCUT2D eigenvalue weighted by Crippen LogP contribution is 2.25.